The van der Waals surface area contributed by atoms with E-state index in [0.717, 1.165) is 16.5 Å². The lowest BCUT2D eigenvalue weighted by atomic mass is 10.1. The summed E-state index contributed by atoms with van der Waals surface area (Å²) in [5.41, 5.74) is 2.71. The second-order valence-corrected chi connectivity index (χ2v) is 6.47. The fraction of sp³-hybridized carbons (Fsp3) is 0.150. The summed E-state index contributed by atoms with van der Waals surface area (Å²) in [7, 11) is 0. The third-order valence-electron chi connectivity index (χ3n) is 4.74. The second kappa shape index (κ2) is 6.28. The van der Waals surface area contributed by atoms with Crippen LogP contribution in [-0.2, 0) is 0 Å². The smallest absolute Gasteiger partial charge is 0.270 e. The average molecular weight is 363 g/mol. The van der Waals surface area contributed by atoms with Crippen LogP contribution in [0, 0.1) is 17.0 Å². The molecule has 1 unspecified atom stereocenters. The molecule has 0 spiro atoms. The van der Waals surface area contributed by atoms with Gasteiger partial charge in [0.1, 0.15) is 11.3 Å². The molecule has 1 atom stereocenters. The summed E-state index contributed by atoms with van der Waals surface area (Å²) in [5.74, 6) is 0.365. The molecule has 0 bridgehead atoms. The van der Waals surface area contributed by atoms with Gasteiger partial charge in [0.05, 0.1) is 16.5 Å². The number of aromatic amines is 1. The van der Waals surface area contributed by atoms with E-state index in [1.54, 1.807) is 12.3 Å². The van der Waals surface area contributed by atoms with Gasteiger partial charge in [0.15, 0.2) is 0 Å². The molecule has 2 N–H and O–H groups in total. The molecule has 0 aliphatic heterocycles. The van der Waals surface area contributed by atoms with Crippen molar-refractivity contribution in [3.63, 3.8) is 0 Å². The van der Waals surface area contributed by atoms with Crippen LogP contribution in [0.3, 0.4) is 0 Å². The summed E-state index contributed by atoms with van der Waals surface area (Å²) < 4.78 is 5.91. The van der Waals surface area contributed by atoms with Crippen molar-refractivity contribution in [2.45, 2.75) is 19.9 Å². The minimum atomic E-state index is -0.478. The zero-order valence-corrected chi connectivity index (χ0v) is 14.8. The highest BCUT2D eigenvalue weighted by atomic mass is 16.6. The van der Waals surface area contributed by atoms with Crippen molar-refractivity contribution in [2.24, 2.45) is 0 Å². The Morgan fingerprint density at radius 3 is 2.74 bits per heavy atom. The number of carbonyl (C=O) groups is 1. The number of aromatic nitrogens is 1. The normalized spacial score (nSPS) is 12.4. The minimum Gasteiger partial charge on any atom is -0.459 e. The van der Waals surface area contributed by atoms with Crippen LogP contribution < -0.4 is 5.32 Å². The number of nitro benzene ring substituents is 1. The summed E-state index contributed by atoms with van der Waals surface area (Å²) in [6.07, 6.45) is 1.56. The molecule has 7 heteroatoms. The van der Waals surface area contributed by atoms with Crippen molar-refractivity contribution in [2.75, 3.05) is 0 Å². The molecule has 4 rings (SSSR count). The molecule has 2 aromatic carbocycles. The molecule has 2 aromatic heterocycles. The van der Waals surface area contributed by atoms with Crippen molar-refractivity contribution in [1.29, 1.82) is 0 Å². The molecule has 1 amide bonds. The third kappa shape index (κ3) is 2.83. The van der Waals surface area contributed by atoms with Gasteiger partial charge in [-0.2, -0.15) is 0 Å². The first kappa shape index (κ1) is 16.8. The molecule has 7 nitrogen and oxygen atoms in total. The fourth-order valence-corrected chi connectivity index (χ4v) is 3.36. The number of nitrogens with zero attached hydrogens (tertiary/aromatic N) is 1. The lowest BCUT2D eigenvalue weighted by Gasteiger charge is -2.12. The summed E-state index contributed by atoms with van der Waals surface area (Å²) >= 11 is 0. The van der Waals surface area contributed by atoms with Gasteiger partial charge in [-0.15, -0.1) is 0 Å². The largest absolute Gasteiger partial charge is 0.459 e. The summed E-state index contributed by atoms with van der Waals surface area (Å²) in [6.45, 7) is 3.80. The van der Waals surface area contributed by atoms with Gasteiger partial charge in [-0.05, 0) is 26.0 Å². The maximum Gasteiger partial charge on any atom is 0.270 e. The summed E-state index contributed by atoms with van der Waals surface area (Å²) in [5, 5.41) is 15.5. The number of para-hydroxylation sites is 1. The van der Waals surface area contributed by atoms with E-state index >= 15 is 0 Å². The van der Waals surface area contributed by atoms with Crippen molar-refractivity contribution in [3.8, 4) is 0 Å². The molecule has 136 valence electrons. The summed E-state index contributed by atoms with van der Waals surface area (Å²) in [4.78, 5) is 26.3. The van der Waals surface area contributed by atoms with E-state index in [9.17, 15) is 14.9 Å². The van der Waals surface area contributed by atoms with Crippen LogP contribution in [0.1, 0.15) is 34.6 Å². The zero-order valence-electron chi connectivity index (χ0n) is 14.8. The van der Waals surface area contributed by atoms with Gasteiger partial charge in [-0.3, -0.25) is 14.9 Å². The number of fused-ring (bicyclic) bond motifs is 2. The van der Waals surface area contributed by atoms with Gasteiger partial charge in [0, 0.05) is 40.2 Å². The van der Waals surface area contributed by atoms with E-state index in [1.807, 2.05) is 38.1 Å². The molecular formula is C20H17N3O4. The van der Waals surface area contributed by atoms with Crippen LogP contribution in [0.4, 0.5) is 5.69 Å². The van der Waals surface area contributed by atoms with Crippen molar-refractivity contribution in [3.05, 3.63) is 75.7 Å². The lowest BCUT2D eigenvalue weighted by molar-refractivity contribution is -0.384. The zero-order chi connectivity index (χ0) is 19.1. The maximum absolute atomic E-state index is 12.8. The van der Waals surface area contributed by atoms with Gasteiger partial charge in [0.2, 0.25) is 0 Å². The predicted octanol–water partition coefficient (Wildman–Crippen LogP) is 4.62. The molecule has 0 fully saturated rings. The quantitative estimate of drug-likeness (QED) is 0.408. The van der Waals surface area contributed by atoms with Crippen molar-refractivity contribution < 1.29 is 14.1 Å². The van der Waals surface area contributed by atoms with E-state index in [1.165, 1.54) is 12.1 Å². The van der Waals surface area contributed by atoms with Gasteiger partial charge in [-0.1, -0.05) is 18.2 Å². The van der Waals surface area contributed by atoms with Crippen LogP contribution in [0.2, 0.25) is 0 Å². The van der Waals surface area contributed by atoms with Crippen molar-refractivity contribution >= 4 is 33.5 Å². The Labute approximate surface area is 154 Å². The topological polar surface area (TPSA) is 101 Å². The number of non-ortho nitro benzene ring substituents is 1. The van der Waals surface area contributed by atoms with Crippen LogP contribution in [0.25, 0.3) is 21.9 Å². The molecule has 0 saturated carbocycles. The fourth-order valence-electron chi connectivity index (χ4n) is 3.36. The number of amides is 1. The molecule has 0 radical (unpaired) electrons. The second-order valence-electron chi connectivity index (χ2n) is 6.47. The maximum atomic E-state index is 12.8. The van der Waals surface area contributed by atoms with Crippen LogP contribution in [0.15, 0.2) is 53.1 Å². The Morgan fingerprint density at radius 1 is 1.22 bits per heavy atom. The highest BCUT2D eigenvalue weighted by molar-refractivity contribution is 6.07. The molecule has 27 heavy (non-hydrogen) atoms. The Hall–Kier alpha value is -3.61. The van der Waals surface area contributed by atoms with Crippen molar-refractivity contribution in [1.82, 2.24) is 10.3 Å². The molecule has 0 aliphatic carbocycles. The number of carbonyl (C=O) groups excluding carboxylic acids is 1. The third-order valence-corrected chi connectivity index (χ3v) is 4.74. The number of nitrogens with one attached hydrogen (secondary N) is 2. The number of benzene rings is 2. The van der Waals surface area contributed by atoms with Crippen LogP contribution in [0.5, 0.6) is 0 Å². The average Bonchev–Trinajstić information content (AvgIpc) is 3.23. The van der Waals surface area contributed by atoms with Crippen LogP contribution in [-0.4, -0.2) is 15.8 Å². The number of nitro groups is 1. The first-order valence-electron chi connectivity index (χ1n) is 8.50. The van der Waals surface area contributed by atoms with Gasteiger partial charge >= 0.3 is 0 Å². The molecule has 4 aromatic rings. The highest BCUT2D eigenvalue weighted by Crippen LogP contribution is 2.30. The number of aryl methyl sites for hydroxylation is 1. The van der Waals surface area contributed by atoms with E-state index in [0.29, 0.717) is 22.2 Å². The molecule has 0 aliphatic rings. The van der Waals surface area contributed by atoms with Gasteiger partial charge < -0.3 is 14.7 Å². The Morgan fingerprint density at radius 2 is 2.00 bits per heavy atom. The number of furan rings is 1. The Kier molecular flexibility index (Phi) is 3.92. The highest BCUT2D eigenvalue weighted by Gasteiger charge is 2.21. The monoisotopic (exact) mass is 363 g/mol. The molecular weight excluding hydrogens is 346 g/mol. The molecule has 2 heterocycles. The number of H-pyrrole nitrogens is 1. The SMILES string of the molecule is Cc1c(C(C)NC(=O)c2c[nH]c3ccc([N+](=O)[O-])cc23)oc2ccccc12. The first-order chi connectivity index (χ1) is 13.0. The molecule has 0 saturated heterocycles. The van der Waals surface area contributed by atoms with Crippen LogP contribution >= 0.6 is 0 Å². The standard InChI is InChI=1S/C20H17N3O4/c1-11-14-5-3-4-6-18(14)27-19(11)12(2)22-20(24)16-10-21-17-8-7-13(23(25)26)9-15(16)17/h3-10,12,21H,1-2H3,(H,22,24). The number of rotatable bonds is 4. The predicted molar refractivity (Wildman–Crippen MR) is 102 cm³/mol. The van der Waals surface area contributed by atoms with E-state index in [2.05, 4.69) is 10.3 Å². The minimum absolute atomic E-state index is 0.0580. The van der Waals surface area contributed by atoms with E-state index in [-0.39, 0.29) is 17.6 Å². The Balaban J connectivity index is 1.65. The number of hydrogen-bond acceptors (Lipinski definition) is 4. The van der Waals surface area contributed by atoms with Gasteiger partial charge in [0.25, 0.3) is 11.6 Å². The van der Waals surface area contributed by atoms with E-state index < -0.39 is 4.92 Å². The van der Waals surface area contributed by atoms with Gasteiger partial charge in [-0.25, -0.2) is 0 Å². The Bertz CT molecular complexity index is 1190. The number of hydrogen-bond donors (Lipinski definition) is 2. The lowest BCUT2D eigenvalue weighted by Crippen LogP contribution is -2.26. The first-order valence-corrected chi connectivity index (χ1v) is 8.50. The van der Waals surface area contributed by atoms with E-state index in [4.69, 9.17) is 4.42 Å². The summed E-state index contributed by atoms with van der Waals surface area (Å²) in [6, 6.07) is 11.8.